The smallest absolute Gasteiger partial charge is 0.335 e. The zero-order valence-electron chi connectivity index (χ0n) is 11.5. The van der Waals surface area contributed by atoms with Crippen molar-refractivity contribution in [2.45, 2.75) is 25.3 Å². The van der Waals surface area contributed by atoms with Crippen LogP contribution in [0.1, 0.15) is 40.2 Å². The van der Waals surface area contributed by atoms with Crippen molar-refractivity contribution in [2.24, 2.45) is 0 Å². The molecule has 2 N–H and O–H groups in total. The molecule has 4 heteroatoms. The molecule has 0 unspecified atom stereocenters. The first-order valence-electron chi connectivity index (χ1n) is 6.99. The van der Waals surface area contributed by atoms with E-state index in [4.69, 9.17) is 5.11 Å². The van der Waals surface area contributed by atoms with E-state index >= 15 is 0 Å². The molecule has 0 spiro atoms. The highest BCUT2D eigenvalue weighted by molar-refractivity contribution is 5.88. The number of rotatable bonds is 5. The summed E-state index contributed by atoms with van der Waals surface area (Å²) in [4.78, 5) is 10.9. The highest BCUT2D eigenvalue weighted by Crippen LogP contribution is 2.40. The Morgan fingerprint density at radius 2 is 2.05 bits per heavy atom. The first kappa shape index (κ1) is 13.6. The van der Waals surface area contributed by atoms with Gasteiger partial charge in [0.15, 0.2) is 0 Å². The van der Waals surface area contributed by atoms with Crippen LogP contribution < -0.4 is 5.32 Å². The van der Waals surface area contributed by atoms with Crippen LogP contribution in [0.3, 0.4) is 0 Å². The molecular formula is C17H16FNO2. The van der Waals surface area contributed by atoms with Crippen LogP contribution in [0.5, 0.6) is 0 Å². The molecule has 0 radical (unpaired) electrons. The van der Waals surface area contributed by atoms with Gasteiger partial charge >= 0.3 is 5.97 Å². The molecule has 2 aromatic carbocycles. The highest BCUT2D eigenvalue weighted by Gasteiger charge is 2.23. The molecule has 0 atom stereocenters. The summed E-state index contributed by atoms with van der Waals surface area (Å²) in [5, 5.41) is 11.9. The van der Waals surface area contributed by atoms with Gasteiger partial charge < -0.3 is 10.4 Å². The average Bonchev–Trinajstić information content (AvgIpc) is 3.31. The second-order valence-corrected chi connectivity index (χ2v) is 5.37. The molecule has 2 aromatic rings. The summed E-state index contributed by atoms with van der Waals surface area (Å²) in [6.07, 6.45) is 2.48. The Labute approximate surface area is 122 Å². The van der Waals surface area contributed by atoms with E-state index in [2.05, 4.69) is 17.4 Å². The summed E-state index contributed by atoms with van der Waals surface area (Å²) >= 11 is 0. The van der Waals surface area contributed by atoms with Crippen LogP contribution in [0, 0.1) is 5.82 Å². The van der Waals surface area contributed by atoms with Gasteiger partial charge in [0.1, 0.15) is 5.82 Å². The van der Waals surface area contributed by atoms with Gasteiger partial charge in [-0.15, -0.1) is 0 Å². The molecular weight excluding hydrogens is 269 g/mol. The Hall–Kier alpha value is -2.36. The molecule has 1 fully saturated rings. The predicted octanol–water partition coefficient (Wildman–Crippen LogP) is 4.01. The van der Waals surface area contributed by atoms with E-state index in [-0.39, 0.29) is 11.3 Å². The highest BCUT2D eigenvalue weighted by atomic mass is 19.1. The number of carboxylic acid groups (broad SMARTS) is 1. The minimum Gasteiger partial charge on any atom is -0.478 e. The Morgan fingerprint density at radius 3 is 2.76 bits per heavy atom. The number of aromatic carboxylic acids is 1. The van der Waals surface area contributed by atoms with Crippen molar-refractivity contribution in [3.8, 4) is 0 Å². The van der Waals surface area contributed by atoms with Gasteiger partial charge in [-0.3, -0.25) is 0 Å². The fourth-order valence-electron chi connectivity index (χ4n) is 2.36. The molecule has 0 aromatic heterocycles. The van der Waals surface area contributed by atoms with Crippen molar-refractivity contribution in [1.29, 1.82) is 0 Å². The van der Waals surface area contributed by atoms with Gasteiger partial charge in [-0.1, -0.05) is 24.3 Å². The van der Waals surface area contributed by atoms with Crippen molar-refractivity contribution >= 4 is 11.7 Å². The van der Waals surface area contributed by atoms with E-state index in [0.29, 0.717) is 12.5 Å². The maximum Gasteiger partial charge on any atom is 0.335 e. The standard InChI is InChI=1S/C17H16FNO2/c18-15-7-6-14(17(20)21)9-16(15)19-10-11-2-1-3-13(8-11)12-4-5-12/h1-3,6-9,12,19H,4-5,10H2,(H,20,21). The molecule has 1 aliphatic rings. The van der Waals surface area contributed by atoms with Gasteiger partial charge in [0, 0.05) is 6.54 Å². The fraction of sp³-hybridized carbons (Fsp3) is 0.235. The van der Waals surface area contributed by atoms with E-state index in [9.17, 15) is 9.18 Å². The Balaban J connectivity index is 1.73. The van der Waals surface area contributed by atoms with E-state index in [1.165, 1.54) is 36.6 Å². The summed E-state index contributed by atoms with van der Waals surface area (Å²) in [5.41, 5.74) is 2.69. The van der Waals surface area contributed by atoms with Gasteiger partial charge in [-0.05, 0) is 48.1 Å². The second-order valence-electron chi connectivity index (χ2n) is 5.37. The third kappa shape index (κ3) is 3.21. The summed E-state index contributed by atoms with van der Waals surface area (Å²) in [6.45, 7) is 0.473. The third-order valence-corrected chi connectivity index (χ3v) is 3.70. The molecule has 0 aliphatic heterocycles. The van der Waals surface area contributed by atoms with Crippen LogP contribution in [-0.2, 0) is 6.54 Å². The summed E-state index contributed by atoms with van der Waals surface area (Å²) < 4.78 is 13.7. The predicted molar refractivity (Wildman–Crippen MR) is 79.1 cm³/mol. The number of benzene rings is 2. The molecule has 0 amide bonds. The zero-order chi connectivity index (χ0) is 14.8. The van der Waals surface area contributed by atoms with E-state index in [1.54, 1.807) is 0 Å². The number of hydrogen-bond acceptors (Lipinski definition) is 2. The molecule has 0 saturated heterocycles. The normalized spacial score (nSPS) is 14.0. The molecule has 1 aliphatic carbocycles. The van der Waals surface area contributed by atoms with Gasteiger partial charge in [-0.25, -0.2) is 9.18 Å². The molecule has 3 rings (SSSR count). The lowest BCUT2D eigenvalue weighted by Crippen LogP contribution is -2.04. The largest absolute Gasteiger partial charge is 0.478 e. The summed E-state index contributed by atoms with van der Waals surface area (Å²) in [6, 6.07) is 12.0. The number of nitrogens with one attached hydrogen (secondary N) is 1. The zero-order valence-corrected chi connectivity index (χ0v) is 11.5. The van der Waals surface area contributed by atoms with E-state index in [1.807, 2.05) is 12.1 Å². The van der Waals surface area contributed by atoms with Crippen molar-refractivity contribution < 1.29 is 14.3 Å². The molecule has 1 saturated carbocycles. The summed E-state index contributed by atoms with van der Waals surface area (Å²) in [7, 11) is 0. The van der Waals surface area contributed by atoms with Crippen LogP contribution in [-0.4, -0.2) is 11.1 Å². The van der Waals surface area contributed by atoms with Crippen LogP contribution >= 0.6 is 0 Å². The Morgan fingerprint density at radius 1 is 1.24 bits per heavy atom. The van der Waals surface area contributed by atoms with Crippen LogP contribution in [0.15, 0.2) is 42.5 Å². The van der Waals surface area contributed by atoms with Crippen molar-refractivity contribution in [1.82, 2.24) is 0 Å². The lowest BCUT2D eigenvalue weighted by molar-refractivity contribution is 0.0697. The maximum absolute atomic E-state index is 13.7. The van der Waals surface area contributed by atoms with Gasteiger partial charge in [0.25, 0.3) is 0 Å². The van der Waals surface area contributed by atoms with Crippen molar-refractivity contribution in [2.75, 3.05) is 5.32 Å². The van der Waals surface area contributed by atoms with Gasteiger partial charge in [0.05, 0.1) is 11.3 Å². The van der Waals surface area contributed by atoms with Gasteiger partial charge in [0.2, 0.25) is 0 Å². The minimum atomic E-state index is -1.06. The van der Waals surface area contributed by atoms with Crippen LogP contribution in [0.2, 0.25) is 0 Å². The van der Waals surface area contributed by atoms with Crippen molar-refractivity contribution in [3.63, 3.8) is 0 Å². The first-order valence-corrected chi connectivity index (χ1v) is 6.99. The van der Waals surface area contributed by atoms with Gasteiger partial charge in [-0.2, -0.15) is 0 Å². The minimum absolute atomic E-state index is 0.0747. The second kappa shape index (κ2) is 5.56. The lowest BCUT2D eigenvalue weighted by Gasteiger charge is -2.09. The summed E-state index contributed by atoms with van der Waals surface area (Å²) in [5.74, 6) is -0.829. The SMILES string of the molecule is O=C(O)c1ccc(F)c(NCc2cccc(C3CC3)c2)c1. The Kier molecular flexibility index (Phi) is 3.60. The topological polar surface area (TPSA) is 49.3 Å². The fourth-order valence-corrected chi connectivity index (χ4v) is 2.36. The van der Waals surface area contributed by atoms with Crippen LogP contribution in [0.4, 0.5) is 10.1 Å². The maximum atomic E-state index is 13.7. The van der Waals surface area contributed by atoms with Crippen LogP contribution in [0.25, 0.3) is 0 Å². The van der Waals surface area contributed by atoms with E-state index in [0.717, 1.165) is 5.56 Å². The number of carboxylic acids is 1. The number of halogens is 1. The first-order chi connectivity index (χ1) is 10.1. The van der Waals surface area contributed by atoms with Crippen molar-refractivity contribution in [3.05, 3.63) is 65.0 Å². The number of anilines is 1. The number of carbonyl (C=O) groups is 1. The third-order valence-electron chi connectivity index (χ3n) is 3.70. The lowest BCUT2D eigenvalue weighted by atomic mass is 10.1. The molecule has 108 valence electrons. The quantitative estimate of drug-likeness (QED) is 0.872. The molecule has 3 nitrogen and oxygen atoms in total. The van der Waals surface area contributed by atoms with E-state index < -0.39 is 11.8 Å². The molecule has 21 heavy (non-hydrogen) atoms. The average molecular weight is 285 g/mol. The molecule has 0 bridgehead atoms. The number of hydrogen-bond donors (Lipinski definition) is 2. The Bertz CT molecular complexity index is 680. The molecule has 0 heterocycles. The monoisotopic (exact) mass is 285 g/mol.